The quantitative estimate of drug-likeness (QED) is 0.444. The lowest BCUT2D eigenvalue weighted by Gasteiger charge is -2.35. The second kappa shape index (κ2) is 7.28. The van der Waals surface area contributed by atoms with Gasteiger partial charge >= 0.3 is 0 Å². The predicted molar refractivity (Wildman–Crippen MR) is 95.8 cm³/mol. The van der Waals surface area contributed by atoms with Gasteiger partial charge in [0, 0.05) is 36.1 Å². The number of nitrogens with one attached hydrogen (secondary N) is 2. The number of Topliss-reactive ketones (excluding diaryl/α,β-unsaturated/α-hetero) is 1. The summed E-state index contributed by atoms with van der Waals surface area (Å²) in [5.41, 5.74) is 2.10. The molecule has 128 valence electrons. The number of halogens is 1. The third-order valence-electron chi connectivity index (χ3n) is 4.27. The van der Waals surface area contributed by atoms with Crippen molar-refractivity contribution in [1.82, 2.24) is 10.2 Å². The van der Waals surface area contributed by atoms with Gasteiger partial charge in [0.1, 0.15) is 11.3 Å². The van der Waals surface area contributed by atoms with Crippen LogP contribution in [0.25, 0.3) is 0 Å². The Kier molecular flexibility index (Phi) is 5.11. The largest absolute Gasteiger partial charge is 0.393 e. The fraction of sp³-hybridized carbons (Fsp3) is 0.389. The van der Waals surface area contributed by atoms with Crippen molar-refractivity contribution in [3.8, 4) is 0 Å². The predicted octanol–water partition coefficient (Wildman–Crippen LogP) is 2.65. The summed E-state index contributed by atoms with van der Waals surface area (Å²) in [6.45, 7) is 3.16. The van der Waals surface area contributed by atoms with Crippen molar-refractivity contribution in [1.29, 1.82) is 0 Å². The van der Waals surface area contributed by atoms with Crippen LogP contribution in [0, 0.1) is 0 Å². The summed E-state index contributed by atoms with van der Waals surface area (Å²) in [5, 5.41) is 16.2. The summed E-state index contributed by atoms with van der Waals surface area (Å²) < 4.78 is 0. The lowest BCUT2D eigenvalue weighted by molar-refractivity contribution is 0.0938. The Hall–Kier alpha value is -1.98. The fourth-order valence-corrected chi connectivity index (χ4v) is 3.17. The molecule has 0 aliphatic carbocycles. The van der Waals surface area contributed by atoms with Crippen LogP contribution in [0.5, 0.6) is 0 Å². The average molecular weight is 348 g/mol. The Balaban J connectivity index is 1.75. The number of alkyl halides is 1. The van der Waals surface area contributed by atoms with Gasteiger partial charge < -0.3 is 20.6 Å². The average Bonchev–Trinajstić information content (AvgIpc) is 2.55. The number of hydrogen-bond donors (Lipinski definition) is 3. The van der Waals surface area contributed by atoms with Crippen molar-refractivity contribution >= 4 is 23.1 Å². The minimum absolute atomic E-state index is 0.0382. The van der Waals surface area contributed by atoms with Gasteiger partial charge in [-0.2, -0.15) is 0 Å². The molecule has 1 fully saturated rings. The highest BCUT2D eigenvalue weighted by Crippen LogP contribution is 2.22. The van der Waals surface area contributed by atoms with E-state index in [0.29, 0.717) is 5.56 Å². The highest BCUT2D eigenvalue weighted by Gasteiger charge is 2.22. The number of aliphatic hydroxyl groups excluding tert-OH is 1. The fourth-order valence-electron chi connectivity index (χ4n) is 2.93. The molecule has 0 spiro atoms. The number of hydrogen-bond acceptors (Lipinski definition) is 5. The summed E-state index contributed by atoms with van der Waals surface area (Å²) in [7, 11) is 0. The third-order valence-corrected chi connectivity index (χ3v) is 4.50. The number of piperidine rings is 1. The van der Waals surface area contributed by atoms with E-state index in [1.165, 1.54) is 0 Å². The number of carbonyl (C=O) groups excluding carboxylic acids is 1. The molecular weight excluding hydrogens is 326 g/mol. The Morgan fingerprint density at radius 3 is 2.83 bits per heavy atom. The van der Waals surface area contributed by atoms with Gasteiger partial charge in [0.15, 0.2) is 5.78 Å². The van der Waals surface area contributed by atoms with Gasteiger partial charge in [-0.05, 0) is 38.0 Å². The Morgan fingerprint density at radius 2 is 2.12 bits per heavy atom. The van der Waals surface area contributed by atoms with Crippen LogP contribution in [0.3, 0.4) is 0 Å². The second-order valence-electron chi connectivity index (χ2n) is 6.18. The van der Waals surface area contributed by atoms with Crippen molar-refractivity contribution in [2.75, 3.05) is 18.4 Å². The lowest BCUT2D eigenvalue weighted by Crippen LogP contribution is -2.42. The molecule has 0 saturated carbocycles. The van der Waals surface area contributed by atoms with Crippen molar-refractivity contribution < 1.29 is 9.90 Å². The molecule has 1 unspecified atom stereocenters. The molecule has 1 atom stereocenters. The van der Waals surface area contributed by atoms with Crippen molar-refractivity contribution in [3.05, 3.63) is 53.5 Å². The maximum absolute atomic E-state index is 11.5. The molecule has 0 aromatic heterocycles. The number of ketones is 1. The van der Waals surface area contributed by atoms with Crippen LogP contribution in [0.15, 0.2) is 47.9 Å². The monoisotopic (exact) mass is 347 g/mol. The van der Waals surface area contributed by atoms with Gasteiger partial charge in [-0.1, -0.05) is 23.7 Å². The van der Waals surface area contributed by atoms with E-state index in [-0.39, 0.29) is 17.4 Å². The highest BCUT2D eigenvalue weighted by molar-refractivity contribution is 6.21. The summed E-state index contributed by atoms with van der Waals surface area (Å²) >= 11 is 6.30. The number of nitrogens with zero attached hydrogens (tertiary/aromatic N) is 1. The van der Waals surface area contributed by atoms with E-state index < -0.39 is 0 Å². The molecule has 1 aromatic rings. The molecule has 0 radical (unpaired) electrons. The maximum atomic E-state index is 11.5. The lowest BCUT2D eigenvalue weighted by atomic mass is 10.1. The normalized spacial score (nSPS) is 21.6. The van der Waals surface area contributed by atoms with Crippen molar-refractivity contribution in [2.24, 2.45) is 0 Å². The molecule has 1 aromatic carbocycles. The van der Waals surface area contributed by atoms with E-state index in [4.69, 9.17) is 11.6 Å². The van der Waals surface area contributed by atoms with E-state index >= 15 is 0 Å². The first-order valence-electron chi connectivity index (χ1n) is 8.16. The van der Waals surface area contributed by atoms with E-state index in [9.17, 15) is 9.90 Å². The van der Waals surface area contributed by atoms with Crippen LogP contribution in [-0.2, 0) is 0 Å². The maximum Gasteiger partial charge on any atom is 0.159 e. The molecule has 3 N–H and O–H groups in total. The SMILES string of the molecule is CC(=O)c1cccc(NC2=CC(Cl)NC(N3CCC(O)CC3)=C2)c1. The standard InChI is InChI=1S/C18H22ClN3O2/c1-12(23)13-3-2-4-14(9-13)20-15-10-17(19)21-18(11-15)22-7-5-16(24)6-8-22/h2-4,9-11,16-17,20-21,24H,5-8H2,1H3. The van der Waals surface area contributed by atoms with Crippen LogP contribution in [-0.4, -0.2) is 40.5 Å². The van der Waals surface area contributed by atoms with Gasteiger partial charge in [-0.3, -0.25) is 4.79 Å². The number of aliphatic hydroxyl groups is 1. The van der Waals surface area contributed by atoms with E-state index in [0.717, 1.165) is 43.1 Å². The molecule has 0 amide bonds. The van der Waals surface area contributed by atoms with E-state index in [1.807, 2.05) is 30.4 Å². The van der Waals surface area contributed by atoms with E-state index in [1.54, 1.807) is 13.0 Å². The summed E-state index contributed by atoms with van der Waals surface area (Å²) in [5.74, 6) is 0.992. The molecule has 0 bridgehead atoms. The molecule has 5 nitrogen and oxygen atoms in total. The van der Waals surface area contributed by atoms with Gasteiger partial charge in [-0.25, -0.2) is 0 Å². The third kappa shape index (κ3) is 4.10. The van der Waals surface area contributed by atoms with Crippen molar-refractivity contribution in [3.63, 3.8) is 0 Å². The zero-order valence-corrected chi connectivity index (χ0v) is 14.4. The summed E-state index contributed by atoms with van der Waals surface area (Å²) in [6, 6.07) is 7.41. The molecule has 2 aliphatic heterocycles. The van der Waals surface area contributed by atoms with Gasteiger partial charge in [0.05, 0.1) is 6.10 Å². The molecule has 6 heteroatoms. The second-order valence-corrected chi connectivity index (χ2v) is 6.65. The van der Waals surface area contributed by atoms with Crippen LogP contribution < -0.4 is 10.6 Å². The van der Waals surface area contributed by atoms with Gasteiger partial charge in [0.25, 0.3) is 0 Å². The minimum Gasteiger partial charge on any atom is -0.393 e. The summed E-state index contributed by atoms with van der Waals surface area (Å²) in [4.78, 5) is 13.7. The number of allylic oxidation sites excluding steroid dienone is 1. The zero-order chi connectivity index (χ0) is 17.1. The van der Waals surface area contributed by atoms with Gasteiger partial charge in [-0.15, -0.1) is 0 Å². The first-order chi connectivity index (χ1) is 11.5. The highest BCUT2D eigenvalue weighted by atomic mass is 35.5. The number of carbonyl (C=O) groups is 1. The topological polar surface area (TPSA) is 64.6 Å². The molecule has 2 aliphatic rings. The molecule has 2 heterocycles. The first-order valence-corrected chi connectivity index (χ1v) is 8.60. The van der Waals surface area contributed by atoms with Crippen LogP contribution in [0.2, 0.25) is 0 Å². The molecular formula is C18H22ClN3O2. The number of dihydropyridines is 1. The Labute approximate surface area is 147 Å². The molecule has 1 saturated heterocycles. The molecule has 3 rings (SSSR count). The number of anilines is 1. The molecule has 24 heavy (non-hydrogen) atoms. The zero-order valence-electron chi connectivity index (χ0n) is 13.6. The van der Waals surface area contributed by atoms with Crippen LogP contribution >= 0.6 is 11.6 Å². The van der Waals surface area contributed by atoms with E-state index in [2.05, 4.69) is 15.5 Å². The van der Waals surface area contributed by atoms with Gasteiger partial charge in [0.2, 0.25) is 0 Å². The first kappa shape index (κ1) is 16.9. The van der Waals surface area contributed by atoms with Crippen LogP contribution in [0.4, 0.5) is 5.69 Å². The van der Waals surface area contributed by atoms with Crippen molar-refractivity contribution in [2.45, 2.75) is 31.4 Å². The van der Waals surface area contributed by atoms with Crippen LogP contribution in [0.1, 0.15) is 30.1 Å². The Bertz CT molecular complexity index is 679. The minimum atomic E-state index is -0.310. The number of likely N-dealkylation sites (tertiary alicyclic amines) is 1. The number of rotatable bonds is 4. The smallest absolute Gasteiger partial charge is 0.159 e. The Morgan fingerprint density at radius 1 is 1.38 bits per heavy atom. The summed E-state index contributed by atoms with van der Waals surface area (Å²) in [6.07, 6.45) is 5.22. The number of benzene rings is 1.